The molecule has 2 aromatic carbocycles. The molecule has 3 aromatic rings. The minimum absolute atomic E-state index is 0.152. The van der Waals surface area contributed by atoms with Gasteiger partial charge in [-0.2, -0.15) is 0 Å². The summed E-state index contributed by atoms with van der Waals surface area (Å²) in [5.41, 5.74) is 3.12. The molecule has 0 bridgehead atoms. The lowest BCUT2D eigenvalue weighted by Gasteiger charge is -2.15. The van der Waals surface area contributed by atoms with E-state index in [0.29, 0.717) is 22.3 Å². The van der Waals surface area contributed by atoms with Gasteiger partial charge in [-0.1, -0.05) is 35.9 Å². The standard InChI is InChI=1S/C23H22N2O5S/c1-15-12-16(2)22(17(3)13-15)31(28,29)25-19(14-18-6-4-5-7-20(18)25)8-9-21(26)24-10-11-30-23(24)27/h4-9,12-14H,10-11H2,1-3H3/b9-8+. The van der Waals surface area contributed by atoms with Crippen molar-refractivity contribution in [3.63, 3.8) is 0 Å². The molecule has 8 heteroatoms. The van der Waals surface area contributed by atoms with Gasteiger partial charge in [0, 0.05) is 11.5 Å². The van der Waals surface area contributed by atoms with Crippen molar-refractivity contribution < 1.29 is 22.7 Å². The highest BCUT2D eigenvalue weighted by atomic mass is 32.2. The summed E-state index contributed by atoms with van der Waals surface area (Å²) in [6.45, 7) is 5.79. The number of rotatable bonds is 4. The molecule has 0 unspecified atom stereocenters. The predicted molar refractivity (Wildman–Crippen MR) is 117 cm³/mol. The van der Waals surface area contributed by atoms with Gasteiger partial charge < -0.3 is 4.74 Å². The molecule has 1 saturated heterocycles. The van der Waals surface area contributed by atoms with Crippen LogP contribution in [0, 0.1) is 20.8 Å². The molecule has 4 rings (SSSR count). The van der Waals surface area contributed by atoms with E-state index in [4.69, 9.17) is 4.74 Å². The van der Waals surface area contributed by atoms with Gasteiger partial charge in [-0.15, -0.1) is 0 Å². The summed E-state index contributed by atoms with van der Waals surface area (Å²) < 4.78 is 33.6. The number of cyclic esters (lactones) is 1. The second-order valence-electron chi connectivity index (χ2n) is 7.56. The van der Waals surface area contributed by atoms with Crippen molar-refractivity contribution in [3.8, 4) is 0 Å². The van der Waals surface area contributed by atoms with Crippen LogP contribution >= 0.6 is 0 Å². The zero-order valence-electron chi connectivity index (χ0n) is 17.5. The fourth-order valence-electron chi connectivity index (χ4n) is 4.04. The van der Waals surface area contributed by atoms with Gasteiger partial charge in [0.25, 0.3) is 15.9 Å². The van der Waals surface area contributed by atoms with Crippen LogP contribution in [0.3, 0.4) is 0 Å². The van der Waals surface area contributed by atoms with E-state index < -0.39 is 22.0 Å². The normalized spacial score (nSPS) is 14.5. The summed E-state index contributed by atoms with van der Waals surface area (Å²) in [7, 11) is -3.96. The van der Waals surface area contributed by atoms with Crippen LogP contribution in [0.1, 0.15) is 22.4 Å². The van der Waals surface area contributed by atoms with Crippen LogP contribution < -0.4 is 0 Å². The first-order valence-electron chi connectivity index (χ1n) is 9.80. The maximum Gasteiger partial charge on any atom is 0.416 e. The SMILES string of the molecule is Cc1cc(C)c(S(=O)(=O)n2c(/C=C/C(=O)N3CCOC3=O)cc3ccccc32)c(C)c1. The summed E-state index contributed by atoms with van der Waals surface area (Å²) in [6, 6.07) is 12.5. The van der Waals surface area contributed by atoms with Crippen molar-refractivity contribution in [1.29, 1.82) is 0 Å². The van der Waals surface area contributed by atoms with Gasteiger partial charge in [0.1, 0.15) is 6.61 Å². The zero-order chi connectivity index (χ0) is 22.3. The first kappa shape index (κ1) is 20.9. The number of aromatic nitrogens is 1. The number of amides is 2. The number of para-hydroxylation sites is 1. The number of hydrogen-bond acceptors (Lipinski definition) is 5. The Labute approximate surface area is 180 Å². The van der Waals surface area contributed by atoms with Gasteiger partial charge in [0.15, 0.2) is 0 Å². The number of ether oxygens (including phenoxy) is 1. The van der Waals surface area contributed by atoms with E-state index in [1.165, 1.54) is 16.1 Å². The maximum atomic E-state index is 13.8. The lowest BCUT2D eigenvalue weighted by atomic mass is 10.1. The van der Waals surface area contributed by atoms with E-state index >= 15 is 0 Å². The third-order valence-corrected chi connectivity index (χ3v) is 7.27. The highest BCUT2D eigenvalue weighted by molar-refractivity contribution is 7.90. The van der Waals surface area contributed by atoms with Gasteiger partial charge in [0.05, 0.1) is 22.7 Å². The number of benzene rings is 2. The summed E-state index contributed by atoms with van der Waals surface area (Å²) in [6.07, 6.45) is 1.92. The Balaban J connectivity index is 1.87. The fraction of sp³-hybridized carbons (Fsp3) is 0.217. The van der Waals surface area contributed by atoms with E-state index in [0.717, 1.165) is 15.8 Å². The average molecular weight is 439 g/mol. The Kier molecular flexibility index (Phi) is 5.18. The summed E-state index contributed by atoms with van der Waals surface area (Å²) in [4.78, 5) is 25.2. The maximum absolute atomic E-state index is 13.8. The van der Waals surface area contributed by atoms with Crippen molar-refractivity contribution in [3.05, 3.63) is 70.9 Å². The van der Waals surface area contributed by atoms with Gasteiger partial charge in [-0.3, -0.25) is 4.79 Å². The Morgan fingerprint density at radius 1 is 1.06 bits per heavy atom. The first-order valence-corrected chi connectivity index (χ1v) is 11.2. The average Bonchev–Trinajstić information content (AvgIpc) is 3.28. The third kappa shape index (κ3) is 3.63. The molecule has 0 radical (unpaired) electrons. The van der Waals surface area contributed by atoms with Crippen LogP contribution in [-0.4, -0.2) is 42.4 Å². The minimum atomic E-state index is -3.96. The molecule has 160 valence electrons. The summed E-state index contributed by atoms with van der Waals surface area (Å²) >= 11 is 0. The van der Waals surface area contributed by atoms with Crippen molar-refractivity contribution in [2.45, 2.75) is 25.7 Å². The lowest BCUT2D eigenvalue weighted by molar-refractivity contribution is -0.122. The van der Waals surface area contributed by atoms with Crippen LogP contribution in [0.5, 0.6) is 0 Å². The molecular formula is C23H22N2O5S. The predicted octanol–water partition coefficient (Wildman–Crippen LogP) is 3.80. The van der Waals surface area contributed by atoms with Crippen LogP contribution in [0.25, 0.3) is 17.0 Å². The van der Waals surface area contributed by atoms with Crippen LogP contribution in [-0.2, 0) is 19.6 Å². The molecule has 1 aliphatic rings. The topological polar surface area (TPSA) is 85.7 Å². The molecule has 1 fully saturated rings. The Hall–Kier alpha value is -3.39. The largest absolute Gasteiger partial charge is 0.447 e. The zero-order valence-corrected chi connectivity index (χ0v) is 18.3. The second kappa shape index (κ2) is 7.70. The van der Waals surface area contributed by atoms with E-state index in [2.05, 4.69) is 0 Å². The molecule has 2 amide bonds. The molecule has 0 spiro atoms. The molecule has 1 aliphatic heterocycles. The molecular weight excluding hydrogens is 416 g/mol. The number of carbonyl (C=O) groups excluding carboxylic acids is 2. The van der Waals surface area contributed by atoms with Crippen LogP contribution in [0.2, 0.25) is 0 Å². The highest BCUT2D eigenvalue weighted by Gasteiger charge is 2.28. The molecule has 31 heavy (non-hydrogen) atoms. The summed E-state index contributed by atoms with van der Waals surface area (Å²) in [5.74, 6) is -0.556. The second-order valence-corrected chi connectivity index (χ2v) is 9.29. The van der Waals surface area contributed by atoms with Crippen LogP contribution in [0.15, 0.2) is 53.4 Å². The molecule has 0 N–H and O–H groups in total. The summed E-state index contributed by atoms with van der Waals surface area (Å²) in [5, 5.41) is 0.723. The van der Waals surface area contributed by atoms with Crippen molar-refractivity contribution in [2.75, 3.05) is 13.2 Å². The van der Waals surface area contributed by atoms with Gasteiger partial charge in [-0.25, -0.2) is 22.1 Å². The Morgan fingerprint density at radius 3 is 2.39 bits per heavy atom. The highest BCUT2D eigenvalue weighted by Crippen LogP contribution is 2.30. The van der Waals surface area contributed by atoms with E-state index in [-0.39, 0.29) is 18.0 Å². The molecule has 1 aromatic heterocycles. The third-order valence-electron chi connectivity index (χ3n) is 5.22. The van der Waals surface area contributed by atoms with Gasteiger partial charge in [-0.05, 0) is 50.1 Å². The lowest BCUT2D eigenvalue weighted by Crippen LogP contribution is -2.29. The van der Waals surface area contributed by atoms with Gasteiger partial charge in [0.2, 0.25) is 0 Å². The molecule has 0 atom stereocenters. The smallest absolute Gasteiger partial charge is 0.416 e. The Morgan fingerprint density at radius 2 is 1.74 bits per heavy atom. The van der Waals surface area contributed by atoms with Crippen LogP contribution in [0.4, 0.5) is 4.79 Å². The number of hydrogen-bond donors (Lipinski definition) is 0. The number of fused-ring (bicyclic) bond motifs is 1. The quantitative estimate of drug-likeness (QED) is 0.579. The van der Waals surface area contributed by atoms with Crippen molar-refractivity contribution >= 4 is 39.0 Å². The number of aryl methyl sites for hydroxylation is 3. The van der Waals surface area contributed by atoms with Gasteiger partial charge >= 0.3 is 6.09 Å². The molecule has 2 heterocycles. The van der Waals surface area contributed by atoms with E-state index in [1.54, 1.807) is 32.0 Å². The molecule has 0 aliphatic carbocycles. The Bertz CT molecular complexity index is 1330. The fourth-order valence-corrected chi connectivity index (χ4v) is 5.97. The number of imide groups is 1. The first-order chi connectivity index (χ1) is 14.7. The minimum Gasteiger partial charge on any atom is -0.447 e. The monoisotopic (exact) mass is 438 g/mol. The van der Waals surface area contributed by atoms with E-state index in [9.17, 15) is 18.0 Å². The molecule has 7 nitrogen and oxygen atoms in total. The molecule has 0 saturated carbocycles. The number of carbonyl (C=O) groups is 2. The van der Waals surface area contributed by atoms with Crippen molar-refractivity contribution in [1.82, 2.24) is 8.87 Å². The van der Waals surface area contributed by atoms with E-state index in [1.807, 2.05) is 31.2 Å². The number of nitrogens with zero attached hydrogens (tertiary/aromatic N) is 2. The van der Waals surface area contributed by atoms with Crippen molar-refractivity contribution in [2.24, 2.45) is 0 Å².